The summed E-state index contributed by atoms with van der Waals surface area (Å²) >= 11 is 1.11. The highest BCUT2D eigenvalue weighted by atomic mass is 127. The van der Waals surface area contributed by atoms with Gasteiger partial charge in [-0.25, -0.2) is 13.6 Å². The second-order valence-electron chi connectivity index (χ2n) is 2.73. The Labute approximate surface area is 115 Å². The molecule has 9 heteroatoms. The second kappa shape index (κ2) is 6.37. The first-order chi connectivity index (χ1) is 6.93. The molecule has 6 nitrogen and oxygen atoms in total. The molecule has 0 bridgehead atoms. The molecule has 0 radical (unpaired) electrons. The van der Waals surface area contributed by atoms with E-state index >= 15 is 0 Å². The lowest BCUT2D eigenvalue weighted by molar-refractivity contribution is 0.600. The number of halogens is 1. The number of hydrogen-bond donors (Lipinski definition) is 3. The van der Waals surface area contributed by atoms with Gasteiger partial charge in [0, 0.05) is 11.9 Å². The lowest BCUT2D eigenvalue weighted by Crippen LogP contribution is -2.30. The quantitative estimate of drug-likeness (QED) is 0.393. The van der Waals surface area contributed by atoms with Crippen molar-refractivity contribution >= 4 is 51.3 Å². The van der Waals surface area contributed by atoms with Gasteiger partial charge in [-0.05, 0) is 12.1 Å². The average molecular weight is 376 g/mol. The smallest absolute Gasteiger partial charge is 0.247 e. The molecule has 0 saturated carbocycles. The summed E-state index contributed by atoms with van der Waals surface area (Å²) in [7, 11) is -2.03. The Kier molecular flexibility index (Phi) is 6.22. The molecule has 16 heavy (non-hydrogen) atoms. The zero-order chi connectivity index (χ0) is 11.5. The molecule has 1 aromatic heterocycles. The Morgan fingerprint density at radius 2 is 2.19 bits per heavy atom. The predicted molar refractivity (Wildman–Crippen MR) is 75.5 cm³/mol. The Hall–Kier alpha value is -0.390. The van der Waals surface area contributed by atoms with Gasteiger partial charge in [-0.3, -0.25) is 4.99 Å². The first-order valence-electron chi connectivity index (χ1n) is 4.01. The van der Waals surface area contributed by atoms with Gasteiger partial charge < -0.3 is 11.1 Å². The van der Waals surface area contributed by atoms with Gasteiger partial charge in [0.05, 0.1) is 6.54 Å². The number of rotatable bonds is 3. The van der Waals surface area contributed by atoms with Crippen LogP contribution in [0.15, 0.2) is 21.3 Å². The molecule has 0 saturated heterocycles. The number of thiophene rings is 1. The number of primary sulfonamides is 1. The summed E-state index contributed by atoms with van der Waals surface area (Å²) in [5, 5.41) is 7.78. The first kappa shape index (κ1) is 15.6. The molecule has 5 N–H and O–H groups in total. The van der Waals surface area contributed by atoms with Crippen LogP contribution in [-0.4, -0.2) is 21.4 Å². The van der Waals surface area contributed by atoms with E-state index in [-0.39, 0.29) is 28.2 Å². The van der Waals surface area contributed by atoms with E-state index in [1.54, 1.807) is 13.1 Å². The Morgan fingerprint density at radius 1 is 1.56 bits per heavy atom. The topological polar surface area (TPSA) is 111 Å². The van der Waals surface area contributed by atoms with E-state index in [0.29, 0.717) is 12.5 Å². The first-order valence-corrected chi connectivity index (χ1v) is 6.37. The minimum absolute atomic E-state index is 0. The van der Waals surface area contributed by atoms with Crippen LogP contribution in [0.4, 0.5) is 0 Å². The molecule has 1 aromatic rings. The van der Waals surface area contributed by atoms with Crippen molar-refractivity contribution in [2.24, 2.45) is 15.9 Å². The molecule has 0 amide bonds. The molecule has 0 aliphatic heterocycles. The number of nitrogens with two attached hydrogens (primary N) is 2. The van der Waals surface area contributed by atoms with E-state index in [9.17, 15) is 8.42 Å². The van der Waals surface area contributed by atoms with Crippen LogP contribution in [0, 0.1) is 0 Å². The highest BCUT2D eigenvalue weighted by Crippen LogP contribution is 2.19. The summed E-state index contributed by atoms with van der Waals surface area (Å²) in [5.41, 5.74) is 5.41. The average Bonchev–Trinajstić information content (AvgIpc) is 2.61. The van der Waals surface area contributed by atoms with Gasteiger partial charge in [0.2, 0.25) is 10.0 Å². The lowest BCUT2D eigenvalue weighted by atomic mass is 10.5. The number of hydrogen-bond acceptors (Lipinski definition) is 4. The van der Waals surface area contributed by atoms with Gasteiger partial charge in [-0.15, -0.1) is 35.3 Å². The Bertz CT molecular complexity index is 468. The molecule has 92 valence electrons. The summed E-state index contributed by atoms with van der Waals surface area (Å²) in [6.07, 6.45) is 0. The summed E-state index contributed by atoms with van der Waals surface area (Å²) in [4.78, 5) is 4.53. The van der Waals surface area contributed by atoms with Gasteiger partial charge in [-0.2, -0.15) is 0 Å². The van der Waals surface area contributed by atoms with Crippen LogP contribution in [0.2, 0.25) is 0 Å². The number of guanidine groups is 1. The maximum absolute atomic E-state index is 11.0. The van der Waals surface area contributed by atoms with Gasteiger partial charge in [0.1, 0.15) is 4.21 Å². The molecule has 1 rings (SSSR count). The third kappa shape index (κ3) is 4.63. The molecule has 0 unspecified atom stereocenters. The fourth-order valence-corrected chi connectivity index (χ4v) is 2.58. The zero-order valence-corrected chi connectivity index (χ0v) is 12.5. The standard InChI is InChI=1S/C7H12N4O2S2.HI/c1-10-7(8)11-4-5-2-3-6(14-5)15(9,12)13;/h2-3H,4H2,1H3,(H3,8,10,11)(H2,9,12,13);1H. The van der Waals surface area contributed by atoms with Gasteiger partial charge in [-0.1, -0.05) is 0 Å². The monoisotopic (exact) mass is 376 g/mol. The van der Waals surface area contributed by atoms with E-state index in [2.05, 4.69) is 10.3 Å². The van der Waals surface area contributed by atoms with E-state index in [4.69, 9.17) is 10.9 Å². The van der Waals surface area contributed by atoms with Crippen LogP contribution < -0.4 is 16.2 Å². The van der Waals surface area contributed by atoms with Crippen molar-refractivity contribution in [1.82, 2.24) is 5.32 Å². The van der Waals surface area contributed by atoms with Crippen molar-refractivity contribution in [2.75, 3.05) is 7.05 Å². The number of nitrogens with zero attached hydrogens (tertiary/aromatic N) is 1. The summed E-state index contributed by atoms with van der Waals surface area (Å²) < 4.78 is 22.1. The van der Waals surface area contributed by atoms with E-state index in [1.165, 1.54) is 6.07 Å². The Morgan fingerprint density at radius 3 is 2.62 bits per heavy atom. The summed E-state index contributed by atoms with van der Waals surface area (Å²) in [6.45, 7) is 0.434. The summed E-state index contributed by atoms with van der Waals surface area (Å²) in [6, 6.07) is 3.15. The van der Waals surface area contributed by atoms with Crippen molar-refractivity contribution in [3.8, 4) is 0 Å². The third-order valence-corrected chi connectivity index (χ3v) is 4.13. The van der Waals surface area contributed by atoms with Gasteiger partial charge >= 0.3 is 0 Å². The van der Waals surface area contributed by atoms with Crippen molar-refractivity contribution in [3.05, 3.63) is 17.0 Å². The SMILES string of the molecule is CN=C(N)NCc1ccc(S(N)(=O)=O)s1.I. The van der Waals surface area contributed by atoms with E-state index < -0.39 is 10.0 Å². The fraction of sp³-hybridized carbons (Fsp3) is 0.286. The van der Waals surface area contributed by atoms with Crippen LogP contribution in [0.1, 0.15) is 4.88 Å². The van der Waals surface area contributed by atoms with Crippen molar-refractivity contribution in [1.29, 1.82) is 0 Å². The fourth-order valence-electron chi connectivity index (χ4n) is 0.863. The van der Waals surface area contributed by atoms with Crippen LogP contribution in [0.25, 0.3) is 0 Å². The minimum atomic E-state index is -3.60. The normalized spacial score (nSPS) is 12.0. The maximum atomic E-state index is 11.0. The molecule has 0 spiro atoms. The highest BCUT2D eigenvalue weighted by Gasteiger charge is 2.10. The van der Waals surface area contributed by atoms with Crippen LogP contribution in [0.5, 0.6) is 0 Å². The van der Waals surface area contributed by atoms with E-state index in [0.717, 1.165) is 16.2 Å². The van der Waals surface area contributed by atoms with Crippen LogP contribution in [0.3, 0.4) is 0 Å². The highest BCUT2D eigenvalue weighted by molar-refractivity contribution is 14.0. The maximum Gasteiger partial charge on any atom is 0.247 e. The molecule has 0 aliphatic carbocycles. The summed E-state index contributed by atoms with van der Waals surface area (Å²) in [5.74, 6) is 0.306. The number of aliphatic imine (C=N–C) groups is 1. The van der Waals surface area contributed by atoms with Crippen LogP contribution in [-0.2, 0) is 16.6 Å². The molecule has 1 heterocycles. The third-order valence-electron chi connectivity index (χ3n) is 1.60. The molecule has 0 aliphatic rings. The molecule has 0 aromatic carbocycles. The predicted octanol–water partition coefficient (Wildman–Crippen LogP) is 0.0476. The van der Waals surface area contributed by atoms with Crippen molar-refractivity contribution in [2.45, 2.75) is 10.8 Å². The molecular weight excluding hydrogens is 363 g/mol. The lowest BCUT2D eigenvalue weighted by Gasteiger charge is -2.01. The largest absolute Gasteiger partial charge is 0.370 e. The molecular formula is C7H13IN4O2S2. The zero-order valence-electron chi connectivity index (χ0n) is 8.50. The Balaban J connectivity index is 0.00000225. The molecule has 0 fully saturated rings. The van der Waals surface area contributed by atoms with Gasteiger partial charge in [0.25, 0.3) is 0 Å². The van der Waals surface area contributed by atoms with Crippen LogP contribution >= 0.6 is 35.3 Å². The van der Waals surface area contributed by atoms with Crippen molar-refractivity contribution < 1.29 is 8.42 Å². The number of nitrogens with one attached hydrogen (secondary N) is 1. The minimum Gasteiger partial charge on any atom is -0.370 e. The van der Waals surface area contributed by atoms with Gasteiger partial charge in [0.15, 0.2) is 5.96 Å². The van der Waals surface area contributed by atoms with Crippen molar-refractivity contribution in [3.63, 3.8) is 0 Å². The second-order valence-corrected chi connectivity index (χ2v) is 5.68. The van der Waals surface area contributed by atoms with E-state index in [1.807, 2.05) is 0 Å². The molecule has 0 atom stereocenters. The number of sulfonamides is 1.